The number of ether oxygens (including phenoxy) is 1. The lowest BCUT2D eigenvalue weighted by Gasteiger charge is -2.06. The van der Waals surface area contributed by atoms with Crippen molar-refractivity contribution in [3.63, 3.8) is 0 Å². The lowest BCUT2D eigenvalue weighted by Crippen LogP contribution is -1.97. The van der Waals surface area contributed by atoms with Crippen molar-refractivity contribution in [1.82, 2.24) is 0 Å². The Bertz CT molecular complexity index is 1210. The molecule has 4 aromatic rings. The normalized spacial score (nSPS) is 11.0. The van der Waals surface area contributed by atoms with Gasteiger partial charge in [0.05, 0.1) is 10.0 Å². The molecule has 0 bridgehead atoms. The lowest BCUT2D eigenvalue weighted by atomic mass is 10.1. The second kappa shape index (κ2) is 9.69. The van der Waals surface area contributed by atoms with E-state index in [1.165, 1.54) is 6.08 Å². The quantitative estimate of drug-likeness (QED) is 0.214. The molecule has 1 aromatic heterocycles. The minimum atomic E-state index is -0.123. The van der Waals surface area contributed by atoms with E-state index in [9.17, 15) is 4.79 Å². The van der Waals surface area contributed by atoms with E-state index in [2.05, 4.69) is 0 Å². The zero-order valence-electron chi connectivity index (χ0n) is 16.4. The summed E-state index contributed by atoms with van der Waals surface area (Å²) in [7, 11) is 0. The smallest absolute Gasteiger partial charge is 0.185 e. The third-order valence-electron chi connectivity index (χ3n) is 4.62. The maximum Gasteiger partial charge on any atom is 0.185 e. The highest BCUT2D eigenvalue weighted by atomic mass is 35.5. The molecule has 5 heteroatoms. The molecule has 0 saturated heterocycles. The van der Waals surface area contributed by atoms with Crippen molar-refractivity contribution >= 4 is 35.1 Å². The van der Waals surface area contributed by atoms with Gasteiger partial charge in [0, 0.05) is 11.1 Å². The molecule has 0 aliphatic heterocycles. The Morgan fingerprint density at radius 1 is 0.871 bits per heavy atom. The minimum absolute atomic E-state index is 0.123. The standard InChI is InChI=1S/C26H18Cl2O3/c27-23-13-8-20(16-24(23)28)26-15-12-22(31-26)11-14-25(29)19-6-9-21(10-7-19)30-17-18-4-2-1-3-5-18/h1-16H,17H2/b14-11+. The first-order valence-corrected chi connectivity index (χ1v) is 10.4. The van der Waals surface area contributed by atoms with Gasteiger partial charge in [0.1, 0.15) is 23.9 Å². The summed E-state index contributed by atoms with van der Waals surface area (Å²) < 4.78 is 11.5. The third-order valence-corrected chi connectivity index (χ3v) is 5.36. The van der Waals surface area contributed by atoms with Crippen molar-refractivity contribution in [2.45, 2.75) is 6.61 Å². The number of hydrogen-bond acceptors (Lipinski definition) is 3. The molecule has 0 atom stereocenters. The Morgan fingerprint density at radius 2 is 1.65 bits per heavy atom. The Hall–Kier alpha value is -3.27. The van der Waals surface area contributed by atoms with Gasteiger partial charge in [-0.3, -0.25) is 4.79 Å². The van der Waals surface area contributed by atoms with Gasteiger partial charge in [0.15, 0.2) is 5.78 Å². The second-order valence-corrected chi connectivity index (χ2v) is 7.64. The topological polar surface area (TPSA) is 39.4 Å². The van der Waals surface area contributed by atoms with Crippen molar-refractivity contribution in [3.05, 3.63) is 118 Å². The number of carbonyl (C=O) groups is 1. The molecule has 0 aliphatic rings. The summed E-state index contributed by atoms with van der Waals surface area (Å²) in [5.74, 6) is 1.80. The predicted molar refractivity (Wildman–Crippen MR) is 125 cm³/mol. The van der Waals surface area contributed by atoms with Gasteiger partial charge in [-0.1, -0.05) is 53.5 Å². The molecular weight excluding hydrogens is 431 g/mol. The summed E-state index contributed by atoms with van der Waals surface area (Å²) >= 11 is 12.0. The Balaban J connectivity index is 1.37. The van der Waals surface area contributed by atoms with E-state index in [0.717, 1.165) is 11.1 Å². The van der Waals surface area contributed by atoms with Crippen LogP contribution in [0.5, 0.6) is 5.75 Å². The van der Waals surface area contributed by atoms with Crippen molar-refractivity contribution in [1.29, 1.82) is 0 Å². The van der Waals surface area contributed by atoms with Gasteiger partial charge in [0.2, 0.25) is 0 Å². The maximum atomic E-state index is 12.5. The molecule has 0 amide bonds. The number of allylic oxidation sites excluding steroid dienone is 1. The van der Waals surface area contributed by atoms with Gasteiger partial charge in [-0.25, -0.2) is 0 Å². The number of hydrogen-bond donors (Lipinski definition) is 0. The molecule has 3 aromatic carbocycles. The first-order chi connectivity index (χ1) is 15.1. The fourth-order valence-electron chi connectivity index (χ4n) is 2.96. The van der Waals surface area contributed by atoms with E-state index in [0.29, 0.717) is 39.5 Å². The van der Waals surface area contributed by atoms with E-state index in [4.69, 9.17) is 32.4 Å². The van der Waals surface area contributed by atoms with Gasteiger partial charge >= 0.3 is 0 Å². The van der Waals surface area contributed by atoms with Crippen LogP contribution in [-0.2, 0) is 6.61 Å². The van der Waals surface area contributed by atoms with E-state index >= 15 is 0 Å². The number of ketones is 1. The first kappa shape index (κ1) is 21.0. The fourth-order valence-corrected chi connectivity index (χ4v) is 3.26. The SMILES string of the molecule is O=C(/C=C/c1ccc(-c2ccc(Cl)c(Cl)c2)o1)c1ccc(OCc2ccccc2)cc1. The van der Waals surface area contributed by atoms with Gasteiger partial charge < -0.3 is 9.15 Å². The summed E-state index contributed by atoms with van der Waals surface area (Å²) in [6.45, 7) is 0.480. The van der Waals surface area contributed by atoms with Crippen LogP contribution in [0, 0.1) is 0 Å². The number of rotatable bonds is 7. The summed E-state index contributed by atoms with van der Waals surface area (Å²) in [4.78, 5) is 12.5. The summed E-state index contributed by atoms with van der Waals surface area (Å²) in [5.41, 5.74) is 2.47. The highest BCUT2D eigenvalue weighted by Crippen LogP contribution is 2.29. The van der Waals surface area contributed by atoms with Gasteiger partial charge in [0.25, 0.3) is 0 Å². The predicted octanol–water partition coefficient (Wildman–Crippen LogP) is 7.73. The lowest BCUT2D eigenvalue weighted by molar-refractivity contribution is 0.104. The average Bonchev–Trinajstić information content (AvgIpc) is 3.28. The molecular formula is C26H18Cl2O3. The Labute approximate surface area is 190 Å². The van der Waals surface area contributed by atoms with E-state index in [-0.39, 0.29) is 5.78 Å². The van der Waals surface area contributed by atoms with Crippen LogP contribution >= 0.6 is 23.2 Å². The monoisotopic (exact) mass is 448 g/mol. The summed E-state index contributed by atoms with van der Waals surface area (Å²) in [6.07, 6.45) is 3.13. The van der Waals surface area contributed by atoms with Crippen LogP contribution in [0.3, 0.4) is 0 Å². The number of halogens is 2. The van der Waals surface area contributed by atoms with E-state index < -0.39 is 0 Å². The largest absolute Gasteiger partial charge is 0.489 e. The van der Waals surface area contributed by atoms with Crippen molar-refractivity contribution in [2.75, 3.05) is 0 Å². The van der Waals surface area contributed by atoms with Crippen LogP contribution in [-0.4, -0.2) is 5.78 Å². The molecule has 4 rings (SSSR count). The molecule has 0 spiro atoms. The van der Waals surface area contributed by atoms with Gasteiger partial charge in [-0.2, -0.15) is 0 Å². The molecule has 31 heavy (non-hydrogen) atoms. The van der Waals surface area contributed by atoms with Gasteiger partial charge in [-0.05, 0) is 72.3 Å². The Kier molecular flexibility index (Phi) is 6.56. The first-order valence-electron chi connectivity index (χ1n) is 9.63. The number of furan rings is 1. The second-order valence-electron chi connectivity index (χ2n) is 6.83. The maximum absolute atomic E-state index is 12.5. The van der Waals surface area contributed by atoms with Crippen LogP contribution in [0.1, 0.15) is 21.7 Å². The van der Waals surface area contributed by atoms with Crippen LogP contribution < -0.4 is 4.74 Å². The molecule has 154 valence electrons. The van der Waals surface area contributed by atoms with Crippen LogP contribution in [0.4, 0.5) is 0 Å². The minimum Gasteiger partial charge on any atom is -0.489 e. The third kappa shape index (κ3) is 5.46. The van der Waals surface area contributed by atoms with Gasteiger partial charge in [-0.15, -0.1) is 0 Å². The fraction of sp³-hybridized carbons (Fsp3) is 0.0385. The Morgan fingerprint density at radius 3 is 2.39 bits per heavy atom. The van der Waals surface area contributed by atoms with Crippen LogP contribution in [0.15, 0.2) is 95.4 Å². The van der Waals surface area contributed by atoms with Crippen molar-refractivity contribution in [2.24, 2.45) is 0 Å². The summed E-state index contributed by atoms with van der Waals surface area (Å²) in [6, 6.07) is 25.9. The molecule has 1 heterocycles. The average molecular weight is 449 g/mol. The van der Waals surface area contributed by atoms with E-state index in [1.807, 2.05) is 42.5 Å². The van der Waals surface area contributed by atoms with Crippen LogP contribution in [0.2, 0.25) is 10.0 Å². The molecule has 0 aliphatic carbocycles. The summed E-state index contributed by atoms with van der Waals surface area (Å²) in [5, 5.41) is 0.943. The molecule has 0 N–H and O–H groups in total. The van der Waals surface area contributed by atoms with Crippen molar-refractivity contribution in [3.8, 4) is 17.1 Å². The number of carbonyl (C=O) groups excluding carboxylic acids is 1. The zero-order valence-corrected chi connectivity index (χ0v) is 17.9. The van der Waals surface area contributed by atoms with E-state index in [1.54, 1.807) is 48.5 Å². The van der Waals surface area contributed by atoms with Crippen LogP contribution in [0.25, 0.3) is 17.4 Å². The molecule has 0 saturated carbocycles. The highest BCUT2D eigenvalue weighted by molar-refractivity contribution is 6.42. The molecule has 0 unspecified atom stereocenters. The molecule has 0 radical (unpaired) electrons. The zero-order chi connectivity index (χ0) is 21.6. The molecule has 3 nitrogen and oxygen atoms in total. The highest BCUT2D eigenvalue weighted by Gasteiger charge is 2.07. The molecule has 0 fully saturated rings. The van der Waals surface area contributed by atoms with Crippen molar-refractivity contribution < 1.29 is 13.9 Å². The number of benzene rings is 3.